The summed E-state index contributed by atoms with van der Waals surface area (Å²) in [5.74, 6) is 0.926. The largest absolute Gasteiger partial charge is 0.396 e. The van der Waals surface area contributed by atoms with Gasteiger partial charge in [0.1, 0.15) is 0 Å². The van der Waals surface area contributed by atoms with E-state index in [0.717, 1.165) is 12.3 Å². The maximum Gasteiger partial charge on any atom is 0.0431 e. The maximum atomic E-state index is 8.61. The Bertz CT molecular complexity index is 112. The van der Waals surface area contributed by atoms with E-state index in [1.165, 1.54) is 57.8 Å². The van der Waals surface area contributed by atoms with Crippen LogP contribution < -0.4 is 0 Å². The van der Waals surface area contributed by atoms with E-state index in [4.69, 9.17) is 5.11 Å². The highest BCUT2D eigenvalue weighted by molar-refractivity contribution is 4.51. The number of hydrogen-bond acceptors (Lipinski definition) is 1. The number of unbranched alkanes of at least 4 members (excludes halogenated alkanes) is 7. The van der Waals surface area contributed by atoms with Crippen LogP contribution in [0.4, 0.5) is 0 Å². The fourth-order valence-corrected chi connectivity index (χ4v) is 1.87. The van der Waals surface area contributed by atoms with Gasteiger partial charge in [0.15, 0.2) is 0 Å². The van der Waals surface area contributed by atoms with Crippen LogP contribution in [-0.4, -0.2) is 11.7 Å². The summed E-state index contributed by atoms with van der Waals surface area (Å²) >= 11 is 0. The lowest BCUT2D eigenvalue weighted by atomic mass is 10.00. The minimum absolute atomic E-state index is 0.370. The molecule has 0 saturated heterocycles. The van der Waals surface area contributed by atoms with Gasteiger partial charge >= 0.3 is 0 Å². The zero-order chi connectivity index (χ0) is 11.4. The van der Waals surface area contributed by atoms with Gasteiger partial charge < -0.3 is 5.11 Å². The minimum atomic E-state index is 0.370. The molecule has 1 N–H and O–H groups in total. The molecule has 0 saturated carbocycles. The number of aliphatic hydroxyl groups excluding tert-OH is 1. The van der Waals surface area contributed by atoms with Crippen molar-refractivity contribution < 1.29 is 5.11 Å². The van der Waals surface area contributed by atoms with Gasteiger partial charge in [0.05, 0.1) is 0 Å². The highest BCUT2D eigenvalue weighted by Crippen LogP contribution is 2.14. The molecule has 92 valence electrons. The van der Waals surface area contributed by atoms with Crippen LogP contribution in [0.5, 0.6) is 0 Å². The molecule has 0 aliphatic heterocycles. The van der Waals surface area contributed by atoms with Crippen LogP contribution >= 0.6 is 0 Å². The Kier molecular flexibility index (Phi) is 12.0. The van der Waals surface area contributed by atoms with Gasteiger partial charge in [-0.2, -0.15) is 0 Å². The van der Waals surface area contributed by atoms with Crippen LogP contribution in [0.3, 0.4) is 0 Å². The van der Waals surface area contributed by atoms with Crippen molar-refractivity contribution in [2.24, 2.45) is 5.92 Å². The smallest absolute Gasteiger partial charge is 0.0431 e. The third-order valence-corrected chi connectivity index (χ3v) is 3.30. The number of aliphatic hydroxyl groups is 1. The van der Waals surface area contributed by atoms with Crippen LogP contribution in [0.25, 0.3) is 0 Å². The second kappa shape index (κ2) is 12.0. The second-order valence-electron chi connectivity index (χ2n) is 4.85. The molecule has 1 heteroatoms. The monoisotopic (exact) mass is 214 g/mol. The van der Waals surface area contributed by atoms with Crippen molar-refractivity contribution in [2.45, 2.75) is 78.1 Å². The summed E-state index contributed by atoms with van der Waals surface area (Å²) in [6, 6.07) is 0. The van der Waals surface area contributed by atoms with Gasteiger partial charge in [0.2, 0.25) is 0 Å². The normalized spacial score (nSPS) is 13.0. The molecule has 0 heterocycles. The summed E-state index contributed by atoms with van der Waals surface area (Å²) in [5, 5.41) is 8.61. The zero-order valence-corrected chi connectivity index (χ0v) is 10.8. The molecule has 1 nitrogen and oxygen atoms in total. The van der Waals surface area contributed by atoms with E-state index >= 15 is 0 Å². The van der Waals surface area contributed by atoms with Crippen molar-refractivity contribution >= 4 is 0 Å². The molecule has 0 aliphatic carbocycles. The molecule has 15 heavy (non-hydrogen) atoms. The molecule has 0 spiro atoms. The van der Waals surface area contributed by atoms with Gasteiger partial charge in [0, 0.05) is 6.61 Å². The molecule has 0 radical (unpaired) electrons. The van der Waals surface area contributed by atoms with E-state index in [1.807, 2.05) is 0 Å². The Morgan fingerprint density at radius 2 is 1.27 bits per heavy atom. The van der Waals surface area contributed by atoms with Crippen molar-refractivity contribution in [3.05, 3.63) is 0 Å². The molecule has 0 bridgehead atoms. The Balaban J connectivity index is 2.92. The van der Waals surface area contributed by atoms with E-state index in [-0.39, 0.29) is 0 Å². The zero-order valence-electron chi connectivity index (χ0n) is 10.8. The molecule has 1 unspecified atom stereocenters. The quantitative estimate of drug-likeness (QED) is 0.501. The summed E-state index contributed by atoms with van der Waals surface area (Å²) in [7, 11) is 0. The first-order valence-electron chi connectivity index (χ1n) is 6.92. The van der Waals surface area contributed by atoms with E-state index in [2.05, 4.69) is 13.8 Å². The first-order valence-corrected chi connectivity index (χ1v) is 6.92. The van der Waals surface area contributed by atoms with Gasteiger partial charge in [-0.15, -0.1) is 0 Å². The molecule has 0 amide bonds. The average Bonchev–Trinajstić information content (AvgIpc) is 2.26. The standard InChI is InChI=1S/C14H30O/c1-3-14(2)12-10-8-6-4-5-7-9-11-13-15/h14-15H,3-13H2,1-2H3. The Morgan fingerprint density at radius 1 is 0.800 bits per heavy atom. The van der Waals surface area contributed by atoms with E-state index < -0.39 is 0 Å². The number of rotatable bonds is 11. The Labute approximate surface area is 96.3 Å². The summed E-state index contributed by atoms with van der Waals surface area (Å²) in [6.45, 7) is 5.01. The van der Waals surface area contributed by atoms with Crippen molar-refractivity contribution in [1.82, 2.24) is 0 Å². The van der Waals surface area contributed by atoms with E-state index in [1.54, 1.807) is 0 Å². The van der Waals surface area contributed by atoms with Gasteiger partial charge in [0.25, 0.3) is 0 Å². The number of hydrogen-bond donors (Lipinski definition) is 1. The topological polar surface area (TPSA) is 20.2 Å². The van der Waals surface area contributed by atoms with Gasteiger partial charge in [-0.25, -0.2) is 0 Å². The fraction of sp³-hybridized carbons (Fsp3) is 1.00. The molecule has 0 aromatic rings. The lowest BCUT2D eigenvalue weighted by Crippen LogP contribution is -1.91. The van der Waals surface area contributed by atoms with Gasteiger partial charge in [-0.05, 0) is 12.3 Å². The highest BCUT2D eigenvalue weighted by atomic mass is 16.2. The van der Waals surface area contributed by atoms with E-state index in [0.29, 0.717) is 6.61 Å². The SMILES string of the molecule is CCC(C)CCCCCCCCCCO. The maximum absolute atomic E-state index is 8.61. The molecule has 0 aromatic carbocycles. The third kappa shape index (κ3) is 11.9. The summed E-state index contributed by atoms with van der Waals surface area (Å²) < 4.78 is 0. The van der Waals surface area contributed by atoms with Crippen molar-refractivity contribution in [3.8, 4) is 0 Å². The lowest BCUT2D eigenvalue weighted by molar-refractivity contribution is 0.282. The third-order valence-electron chi connectivity index (χ3n) is 3.30. The van der Waals surface area contributed by atoms with Crippen LogP contribution in [0, 0.1) is 5.92 Å². The summed E-state index contributed by atoms with van der Waals surface area (Å²) in [5.41, 5.74) is 0. The minimum Gasteiger partial charge on any atom is -0.396 e. The predicted molar refractivity (Wildman–Crippen MR) is 68.1 cm³/mol. The van der Waals surface area contributed by atoms with Crippen molar-refractivity contribution in [3.63, 3.8) is 0 Å². The lowest BCUT2D eigenvalue weighted by Gasteiger charge is -2.07. The second-order valence-corrected chi connectivity index (χ2v) is 4.85. The Morgan fingerprint density at radius 3 is 1.73 bits per heavy atom. The van der Waals surface area contributed by atoms with Crippen LogP contribution in [-0.2, 0) is 0 Å². The van der Waals surface area contributed by atoms with Crippen molar-refractivity contribution in [1.29, 1.82) is 0 Å². The van der Waals surface area contributed by atoms with Crippen LogP contribution in [0.1, 0.15) is 78.1 Å². The summed E-state index contributed by atoms with van der Waals surface area (Å²) in [6.07, 6.45) is 13.3. The summed E-state index contributed by atoms with van der Waals surface area (Å²) in [4.78, 5) is 0. The van der Waals surface area contributed by atoms with Crippen molar-refractivity contribution in [2.75, 3.05) is 6.61 Å². The van der Waals surface area contributed by atoms with Gasteiger partial charge in [-0.1, -0.05) is 71.6 Å². The Hall–Kier alpha value is -0.0400. The molecule has 0 fully saturated rings. The molecular formula is C14H30O. The van der Waals surface area contributed by atoms with Gasteiger partial charge in [-0.3, -0.25) is 0 Å². The molecule has 0 aliphatic rings. The highest BCUT2D eigenvalue weighted by Gasteiger charge is 1.97. The molecule has 0 aromatic heterocycles. The predicted octanol–water partition coefficient (Wildman–Crippen LogP) is 4.54. The van der Waals surface area contributed by atoms with Crippen LogP contribution in [0.15, 0.2) is 0 Å². The van der Waals surface area contributed by atoms with E-state index in [9.17, 15) is 0 Å². The molecular weight excluding hydrogens is 184 g/mol. The fourth-order valence-electron chi connectivity index (χ4n) is 1.87. The first-order chi connectivity index (χ1) is 7.31. The first kappa shape index (κ1) is 15.0. The molecule has 1 atom stereocenters. The average molecular weight is 214 g/mol. The molecule has 0 rings (SSSR count). The van der Waals surface area contributed by atoms with Crippen LogP contribution in [0.2, 0.25) is 0 Å².